The van der Waals surface area contributed by atoms with E-state index in [9.17, 15) is 4.79 Å². The Kier molecular flexibility index (Phi) is 5.46. The van der Waals surface area contributed by atoms with E-state index in [1.54, 1.807) is 4.68 Å². The first-order chi connectivity index (χ1) is 15.9. The molecule has 166 valence electrons. The molecule has 5 rings (SSSR count). The summed E-state index contributed by atoms with van der Waals surface area (Å²) in [6.45, 7) is 6.31. The minimum atomic E-state index is -0.114. The van der Waals surface area contributed by atoms with Crippen molar-refractivity contribution >= 4 is 23.3 Å². The van der Waals surface area contributed by atoms with Crippen molar-refractivity contribution in [3.05, 3.63) is 99.5 Å². The summed E-state index contributed by atoms with van der Waals surface area (Å²) < 4.78 is 1.73. The minimum Gasteiger partial charge on any atom is -0.292 e. The van der Waals surface area contributed by atoms with Crippen molar-refractivity contribution < 1.29 is 4.79 Å². The number of carbonyl (C=O) groups is 1. The molecule has 0 unspecified atom stereocenters. The maximum atomic E-state index is 13.6. The van der Waals surface area contributed by atoms with E-state index in [1.807, 2.05) is 86.3 Å². The fourth-order valence-electron chi connectivity index (χ4n) is 4.55. The number of carbonyl (C=O) groups excluding carboxylic acids is 1. The number of amides is 1. The maximum Gasteiger partial charge on any atom is 0.252 e. The van der Waals surface area contributed by atoms with Crippen molar-refractivity contribution in [3.8, 4) is 5.95 Å². The van der Waals surface area contributed by atoms with Crippen molar-refractivity contribution in [1.82, 2.24) is 19.7 Å². The first kappa shape index (κ1) is 21.3. The van der Waals surface area contributed by atoms with Crippen molar-refractivity contribution in [2.45, 2.75) is 39.7 Å². The molecule has 2 aromatic carbocycles. The van der Waals surface area contributed by atoms with Crippen LogP contribution in [0.2, 0.25) is 5.02 Å². The summed E-state index contributed by atoms with van der Waals surface area (Å²) in [6, 6.07) is 19.6. The number of halogens is 1. The molecule has 0 spiro atoms. The van der Waals surface area contributed by atoms with Gasteiger partial charge in [-0.15, -0.1) is 0 Å². The Bertz CT molecular complexity index is 1310. The standard InChI is InChI=1S/C26H24ClN5O/c1-16-13-17(2)29-26(28-16)32-25-24(18(3)30-32)22(20-9-11-21(27)12-10-20)14-23(33)31(25)15-19-7-5-4-6-8-19/h4-13,22H,14-15H2,1-3H3/t22-/m1/s1. The van der Waals surface area contributed by atoms with Crippen LogP contribution in [0.4, 0.5) is 5.82 Å². The van der Waals surface area contributed by atoms with Crippen LogP contribution in [0, 0.1) is 20.8 Å². The fourth-order valence-corrected chi connectivity index (χ4v) is 4.68. The van der Waals surface area contributed by atoms with Gasteiger partial charge in [0.25, 0.3) is 5.95 Å². The molecule has 3 heterocycles. The molecule has 7 heteroatoms. The van der Waals surface area contributed by atoms with Crippen LogP contribution >= 0.6 is 11.6 Å². The number of anilines is 1. The average molecular weight is 458 g/mol. The average Bonchev–Trinajstić information content (AvgIpc) is 3.13. The number of rotatable bonds is 4. The van der Waals surface area contributed by atoms with Gasteiger partial charge in [0.1, 0.15) is 5.82 Å². The molecule has 1 atom stereocenters. The van der Waals surface area contributed by atoms with Gasteiger partial charge in [-0.1, -0.05) is 54.1 Å². The normalized spacial score (nSPS) is 15.6. The zero-order valence-corrected chi connectivity index (χ0v) is 19.5. The van der Waals surface area contributed by atoms with E-state index in [4.69, 9.17) is 16.7 Å². The molecule has 2 aromatic heterocycles. The molecule has 4 aromatic rings. The zero-order chi connectivity index (χ0) is 23.1. The van der Waals surface area contributed by atoms with E-state index in [1.165, 1.54) is 0 Å². The molecule has 0 fully saturated rings. The summed E-state index contributed by atoms with van der Waals surface area (Å²) in [5, 5.41) is 5.51. The molecule has 0 saturated heterocycles. The Hall–Kier alpha value is -3.51. The Morgan fingerprint density at radius 2 is 1.64 bits per heavy atom. The van der Waals surface area contributed by atoms with Crippen LogP contribution in [-0.2, 0) is 11.3 Å². The first-order valence-corrected chi connectivity index (χ1v) is 11.3. The summed E-state index contributed by atoms with van der Waals surface area (Å²) in [5.74, 6) is 1.13. The van der Waals surface area contributed by atoms with Gasteiger partial charge in [-0.05, 0) is 50.1 Å². The van der Waals surface area contributed by atoms with E-state index in [-0.39, 0.29) is 11.8 Å². The number of aryl methyl sites for hydroxylation is 3. The van der Waals surface area contributed by atoms with Gasteiger partial charge in [0.05, 0.1) is 12.2 Å². The van der Waals surface area contributed by atoms with Crippen LogP contribution in [0.15, 0.2) is 60.7 Å². The Labute approximate surface area is 197 Å². The molecule has 0 radical (unpaired) electrons. The van der Waals surface area contributed by atoms with Crippen LogP contribution < -0.4 is 4.90 Å². The van der Waals surface area contributed by atoms with Crippen LogP contribution in [0.1, 0.15) is 46.1 Å². The molecular weight excluding hydrogens is 434 g/mol. The number of nitrogens with zero attached hydrogens (tertiary/aromatic N) is 5. The highest BCUT2D eigenvalue weighted by Crippen LogP contribution is 2.43. The molecule has 1 aliphatic heterocycles. The maximum absolute atomic E-state index is 13.6. The van der Waals surface area contributed by atoms with Gasteiger partial charge in [-0.25, -0.2) is 9.97 Å². The van der Waals surface area contributed by atoms with E-state index < -0.39 is 0 Å². The molecular formula is C26H24ClN5O. The third-order valence-electron chi connectivity index (χ3n) is 5.98. The van der Waals surface area contributed by atoms with E-state index in [2.05, 4.69) is 9.97 Å². The lowest BCUT2D eigenvalue weighted by molar-refractivity contribution is -0.119. The number of hydrogen-bond acceptors (Lipinski definition) is 4. The summed E-state index contributed by atoms with van der Waals surface area (Å²) >= 11 is 6.13. The highest BCUT2D eigenvalue weighted by Gasteiger charge is 2.38. The van der Waals surface area contributed by atoms with Crippen molar-refractivity contribution in [2.75, 3.05) is 4.90 Å². The van der Waals surface area contributed by atoms with Gasteiger partial charge in [0, 0.05) is 34.3 Å². The largest absolute Gasteiger partial charge is 0.292 e. The second-order valence-corrected chi connectivity index (χ2v) is 8.90. The van der Waals surface area contributed by atoms with E-state index >= 15 is 0 Å². The van der Waals surface area contributed by atoms with Gasteiger partial charge in [0.15, 0.2) is 0 Å². The summed E-state index contributed by atoms with van der Waals surface area (Å²) in [4.78, 5) is 24.6. The SMILES string of the molecule is Cc1cc(C)nc(-n2nc(C)c3c2N(Cc2ccccc2)C(=O)C[C@@H]3c2ccc(Cl)cc2)n1. The van der Waals surface area contributed by atoms with Crippen LogP contribution in [0.5, 0.6) is 0 Å². The monoisotopic (exact) mass is 457 g/mol. The number of aromatic nitrogens is 4. The van der Waals surface area contributed by atoms with Gasteiger partial charge in [-0.2, -0.15) is 9.78 Å². The minimum absolute atomic E-state index is 0.0387. The third kappa shape index (κ3) is 4.02. The second-order valence-electron chi connectivity index (χ2n) is 8.46. The Balaban J connectivity index is 1.71. The molecule has 0 saturated carbocycles. The highest BCUT2D eigenvalue weighted by molar-refractivity contribution is 6.30. The van der Waals surface area contributed by atoms with E-state index in [0.717, 1.165) is 39.6 Å². The number of hydrogen-bond donors (Lipinski definition) is 0. The molecule has 1 amide bonds. The van der Waals surface area contributed by atoms with Crippen molar-refractivity contribution in [1.29, 1.82) is 0 Å². The fraction of sp³-hybridized carbons (Fsp3) is 0.231. The quantitative estimate of drug-likeness (QED) is 0.416. The second kappa shape index (κ2) is 8.45. The lowest BCUT2D eigenvalue weighted by Gasteiger charge is -2.33. The van der Waals surface area contributed by atoms with Crippen LogP contribution in [0.25, 0.3) is 5.95 Å². The van der Waals surface area contributed by atoms with Crippen LogP contribution in [0.3, 0.4) is 0 Å². The number of fused-ring (bicyclic) bond motifs is 1. The van der Waals surface area contributed by atoms with Crippen molar-refractivity contribution in [2.24, 2.45) is 0 Å². The first-order valence-electron chi connectivity index (χ1n) is 10.9. The van der Waals surface area contributed by atoms with Crippen molar-refractivity contribution in [3.63, 3.8) is 0 Å². The molecule has 6 nitrogen and oxygen atoms in total. The summed E-state index contributed by atoms with van der Waals surface area (Å²) in [6.07, 6.45) is 0.363. The van der Waals surface area contributed by atoms with E-state index in [0.29, 0.717) is 23.9 Å². The number of benzene rings is 2. The van der Waals surface area contributed by atoms with Crippen LogP contribution in [-0.4, -0.2) is 25.7 Å². The lowest BCUT2D eigenvalue weighted by Crippen LogP contribution is -2.38. The molecule has 33 heavy (non-hydrogen) atoms. The predicted octanol–water partition coefficient (Wildman–Crippen LogP) is 5.31. The zero-order valence-electron chi connectivity index (χ0n) is 18.8. The Morgan fingerprint density at radius 1 is 0.970 bits per heavy atom. The lowest BCUT2D eigenvalue weighted by atomic mass is 9.85. The predicted molar refractivity (Wildman–Crippen MR) is 129 cm³/mol. The Morgan fingerprint density at radius 3 is 2.30 bits per heavy atom. The summed E-state index contributed by atoms with van der Waals surface area (Å²) in [7, 11) is 0. The van der Waals surface area contributed by atoms with Gasteiger partial charge in [-0.3, -0.25) is 9.69 Å². The highest BCUT2D eigenvalue weighted by atomic mass is 35.5. The molecule has 0 N–H and O–H groups in total. The smallest absolute Gasteiger partial charge is 0.252 e. The van der Waals surface area contributed by atoms with Gasteiger partial charge in [0.2, 0.25) is 5.91 Å². The topological polar surface area (TPSA) is 63.9 Å². The third-order valence-corrected chi connectivity index (χ3v) is 6.23. The molecule has 1 aliphatic rings. The molecule has 0 bridgehead atoms. The van der Waals surface area contributed by atoms with Gasteiger partial charge < -0.3 is 0 Å². The molecule has 0 aliphatic carbocycles. The summed E-state index contributed by atoms with van der Waals surface area (Å²) in [5.41, 5.74) is 5.68. The van der Waals surface area contributed by atoms with Gasteiger partial charge >= 0.3 is 0 Å².